The van der Waals surface area contributed by atoms with E-state index in [9.17, 15) is 18.0 Å². The number of halogens is 3. The molecule has 0 aliphatic rings. The third kappa shape index (κ3) is 1.77. The monoisotopic (exact) mass is 186 g/mol. The van der Waals surface area contributed by atoms with Crippen molar-refractivity contribution >= 4 is 11.9 Å². The van der Waals surface area contributed by atoms with E-state index in [0.29, 0.717) is 6.29 Å². The van der Waals surface area contributed by atoms with E-state index in [1.165, 1.54) is 0 Å². The van der Waals surface area contributed by atoms with Gasteiger partial charge in [-0.15, -0.1) is 0 Å². The highest BCUT2D eigenvalue weighted by Gasteiger charge is 2.11. The number of hydrogen-bond donors (Lipinski definition) is 0. The Kier molecular flexibility index (Phi) is 2.51. The summed E-state index contributed by atoms with van der Waals surface area (Å²) in [5.74, 6) is -4.22. The molecule has 0 heterocycles. The number of aldehydes is 1. The van der Waals surface area contributed by atoms with Gasteiger partial charge < -0.3 is 0 Å². The van der Waals surface area contributed by atoms with Gasteiger partial charge in [-0.2, -0.15) is 0 Å². The summed E-state index contributed by atoms with van der Waals surface area (Å²) in [5, 5.41) is 0. The van der Waals surface area contributed by atoms with Crippen molar-refractivity contribution in [2.24, 2.45) is 0 Å². The van der Waals surface area contributed by atoms with Gasteiger partial charge in [0, 0.05) is 5.57 Å². The van der Waals surface area contributed by atoms with Crippen LogP contribution in [0.25, 0.3) is 5.57 Å². The Morgan fingerprint density at radius 2 is 1.69 bits per heavy atom. The van der Waals surface area contributed by atoms with Crippen LogP contribution in [-0.4, -0.2) is 6.29 Å². The van der Waals surface area contributed by atoms with Crippen LogP contribution >= 0.6 is 0 Å². The van der Waals surface area contributed by atoms with Gasteiger partial charge in [-0.05, 0) is 17.7 Å². The van der Waals surface area contributed by atoms with Gasteiger partial charge in [-0.1, -0.05) is 6.58 Å². The molecule has 0 spiro atoms. The van der Waals surface area contributed by atoms with Gasteiger partial charge in [0.25, 0.3) is 0 Å². The normalized spacial score (nSPS) is 9.77. The number of carbonyl (C=O) groups is 1. The Hall–Kier alpha value is -1.58. The fourth-order valence-corrected chi connectivity index (χ4v) is 0.809. The van der Waals surface area contributed by atoms with Crippen molar-refractivity contribution in [2.75, 3.05) is 0 Å². The van der Waals surface area contributed by atoms with Gasteiger partial charge in [0.2, 0.25) is 0 Å². The molecule has 0 aliphatic heterocycles. The molecule has 0 saturated heterocycles. The molecule has 1 aromatic rings. The van der Waals surface area contributed by atoms with Crippen LogP contribution < -0.4 is 0 Å². The van der Waals surface area contributed by atoms with Gasteiger partial charge in [0.15, 0.2) is 17.5 Å². The molecular formula is C9H5F3O. The zero-order chi connectivity index (χ0) is 10.0. The second kappa shape index (κ2) is 3.43. The molecule has 0 N–H and O–H groups in total. The molecule has 1 aromatic carbocycles. The molecule has 0 fully saturated rings. The molecule has 0 aliphatic carbocycles. The second-order valence-corrected chi connectivity index (χ2v) is 2.40. The first-order valence-electron chi connectivity index (χ1n) is 3.35. The van der Waals surface area contributed by atoms with Crippen molar-refractivity contribution in [3.8, 4) is 0 Å². The Labute approximate surface area is 72.5 Å². The summed E-state index contributed by atoms with van der Waals surface area (Å²) in [4.78, 5) is 10.2. The molecule has 1 rings (SSSR count). The number of rotatable bonds is 2. The Balaban J connectivity index is 3.28. The Bertz CT molecular complexity index is 348. The third-order valence-corrected chi connectivity index (χ3v) is 1.50. The SMILES string of the molecule is C=C(C=O)c1cc(F)c(F)c(F)c1. The van der Waals surface area contributed by atoms with Crippen LogP contribution in [-0.2, 0) is 4.79 Å². The number of allylic oxidation sites excluding steroid dienone is 1. The first-order valence-corrected chi connectivity index (χ1v) is 3.35. The van der Waals surface area contributed by atoms with E-state index in [2.05, 4.69) is 6.58 Å². The lowest BCUT2D eigenvalue weighted by molar-refractivity contribution is -0.103. The molecule has 0 radical (unpaired) electrons. The van der Waals surface area contributed by atoms with E-state index in [0.717, 1.165) is 12.1 Å². The van der Waals surface area contributed by atoms with E-state index in [1.54, 1.807) is 0 Å². The Morgan fingerprint density at radius 1 is 1.23 bits per heavy atom. The molecule has 0 saturated carbocycles. The standard InChI is InChI=1S/C9H5F3O/c1-5(4-13)6-2-7(10)9(12)8(11)3-6/h2-4H,1H2. The van der Waals surface area contributed by atoms with E-state index in [1.807, 2.05) is 0 Å². The van der Waals surface area contributed by atoms with Crippen molar-refractivity contribution in [1.82, 2.24) is 0 Å². The van der Waals surface area contributed by atoms with Gasteiger partial charge in [0.1, 0.15) is 6.29 Å². The van der Waals surface area contributed by atoms with Gasteiger partial charge in [-0.3, -0.25) is 4.79 Å². The predicted molar refractivity (Wildman–Crippen MR) is 41.4 cm³/mol. The lowest BCUT2D eigenvalue weighted by atomic mass is 10.1. The number of carbonyl (C=O) groups excluding carboxylic acids is 1. The summed E-state index contributed by atoms with van der Waals surface area (Å²) in [6.45, 7) is 3.23. The molecule has 4 heteroatoms. The maximum Gasteiger partial charge on any atom is 0.194 e. The van der Waals surface area contributed by atoms with Crippen LogP contribution in [0.3, 0.4) is 0 Å². The molecular weight excluding hydrogens is 181 g/mol. The topological polar surface area (TPSA) is 17.1 Å². The molecule has 1 nitrogen and oxygen atoms in total. The lowest BCUT2D eigenvalue weighted by Gasteiger charge is -2.00. The van der Waals surface area contributed by atoms with Crippen molar-refractivity contribution in [3.63, 3.8) is 0 Å². The quantitative estimate of drug-likeness (QED) is 0.393. The van der Waals surface area contributed by atoms with Gasteiger partial charge in [0.05, 0.1) is 0 Å². The summed E-state index contributed by atoms with van der Waals surface area (Å²) in [7, 11) is 0. The maximum atomic E-state index is 12.6. The molecule has 0 aromatic heterocycles. The van der Waals surface area contributed by atoms with Crippen LogP contribution in [0.2, 0.25) is 0 Å². The van der Waals surface area contributed by atoms with Crippen LogP contribution in [0.4, 0.5) is 13.2 Å². The van der Waals surface area contributed by atoms with Crippen LogP contribution in [0, 0.1) is 17.5 Å². The highest BCUT2D eigenvalue weighted by atomic mass is 19.2. The summed E-state index contributed by atoms with van der Waals surface area (Å²) in [6.07, 6.45) is 0.339. The molecule has 0 amide bonds. The molecule has 0 unspecified atom stereocenters. The fourth-order valence-electron chi connectivity index (χ4n) is 0.809. The van der Waals surface area contributed by atoms with Crippen molar-refractivity contribution in [3.05, 3.63) is 41.7 Å². The first kappa shape index (κ1) is 9.51. The van der Waals surface area contributed by atoms with Crippen molar-refractivity contribution in [2.45, 2.75) is 0 Å². The van der Waals surface area contributed by atoms with Gasteiger partial charge >= 0.3 is 0 Å². The van der Waals surface area contributed by atoms with E-state index in [4.69, 9.17) is 0 Å². The highest BCUT2D eigenvalue weighted by Crippen LogP contribution is 2.17. The summed E-state index contributed by atoms with van der Waals surface area (Å²) < 4.78 is 37.5. The van der Waals surface area contributed by atoms with Crippen LogP contribution in [0.5, 0.6) is 0 Å². The Morgan fingerprint density at radius 3 is 2.08 bits per heavy atom. The van der Waals surface area contributed by atoms with E-state index in [-0.39, 0.29) is 11.1 Å². The molecule has 0 atom stereocenters. The fraction of sp³-hybridized carbons (Fsp3) is 0. The predicted octanol–water partition coefficient (Wildman–Crippen LogP) is 2.32. The van der Waals surface area contributed by atoms with E-state index >= 15 is 0 Å². The minimum absolute atomic E-state index is 0.0635. The summed E-state index contributed by atoms with van der Waals surface area (Å²) in [5.41, 5.74) is -0.163. The third-order valence-electron chi connectivity index (χ3n) is 1.50. The minimum Gasteiger partial charge on any atom is -0.298 e. The molecule has 68 valence electrons. The van der Waals surface area contributed by atoms with E-state index < -0.39 is 17.5 Å². The van der Waals surface area contributed by atoms with Crippen molar-refractivity contribution < 1.29 is 18.0 Å². The second-order valence-electron chi connectivity index (χ2n) is 2.40. The average Bonchev–Trinajstić information content (AvgIpc) is 2.12. The zero-order valence-corrected chi connectivity index (χ0v) is 6.48. The summed E-state index contributed by atoms with van der Waals surface area (Å²) in [6, 6.07) is 1.43. The number of benzene rings is 1. The largest absolute Gasteiger partial charge is 0.298 e. The molecule has 0 bridgehead atoms. The maximum absolute atomic E-state index is 12.6. The molecule has 13 heavy (non-hydrogen) atoms. The first-order chi connectivity index (χ1) is 6.06. The smallest absolute Gasteiger partial charge is 0.194 e. The number of hydrogen-bond acceptors (Lipinski definition) is 1. The average molecular weight is 186 g/mol. The van der Waals surface area contributed by atoms with Crippen molar-refractivity contribution in [1.29, 1.82) is 0 Å². The van der Waals surface area contributed by atoms with Crippen LogP contribution in [0.1, 0.15) is 5.56 Å². The highest BCUT2D eigenvalue weighted by molar-refractivity contribution is 6.05. The summed E-state index contributed by atoms with van der Waals surface area (Å²) >= 11 is 0. The van der Waals surface area contributed by atoms with Crippen LogP contribution in [0.15, 0.2) is 18.7 Å². The van der Waals surface area contributed by atoms with Gasteiger partial charge in [-0.25, -0.2) is 13.2 Å². The minimum atomic E-state index is -1.55. The zero-order valence-electron chi connectivity index (χ0n) is 6.48. The lowest BCUT2D eigenvalue weighted by Crippen LogP contribution is -1.94.